The fourth-order valence-corrected chi connectivity index (χ4v) is 1.58. The van der Waals surface area contributed by atoms with E-state index in [0.29, 0.717) is 22.0 Å². The number of halogens is 1. The Kier molecular flexibility index (Phi) is 3.87. The van der Waals surface area contributed by atoms with Crippen LogP contribution in [0.2, 0.25) is 5.02 Å². The number of pyridine rings is 1. The summed E-state index contributed by atoms with van der Waals surface area (Å²) in [6, 6.07) is 7.98. The van der Waals surface area contributed by atoms with Crippen LogP contribution < -0.4 is 10.5 Å². The summed E-state index contributed by atoms with van der Waals surface area (Å²) in [5.74, 6) is 0.361. The third-order valence-electron chi connectivity index (χ3n) is 2.34. The van der Waals surface area contributed by atoms with Crippen molar-refractivity contribution >= 4 is 23.3 Å². The van der Waals surface area contributed by atoms with Crippen LogP contribution in [0.4, 0.5) is 5.69 Å². The number of aromatic nitrogens is 1. The standard InChI is InChI=1S/C13H11ClN2O3/c1-18-13(17)8-2-4-10(5-3-8)19-12-11(15)6-9(14)7-16-12/h2-7H,15H2,1H3. The molecule has 0 unspecified atom stereocenters. The highest BCUT2D eigenvalue weighted by molar-refractivity contribution is 6.30. The third-order valence-corrected chi connectivity index (χ3v) is 2.54. The van der Waals surface area contributed by atoms with Gasteiger partial charge in [-0.2, -0.15) is 0 Å². The number of esters is 1. The quantitative estimate of drug-likeness (QED) is 0.874. The van der Waals surface area contributed by atoms with E-state index in [9.17, 15) is 4.79 Å². The monoisotopic (exact) mass is 278 g/mol. The van der Waals surface area contributed by atoms with Crippen LogP contribution >= 0.6 is 11.6 Å². The van der Waals surface area contributed by atoms with E-state index in [2.05, 4.69) is 9.72 Å². The zero-order chi connectivity index (χ0) is 13.8. The fourth-order valence-electron chi connectivity index (χ4n) is 1.42. The molecule has 2 rings (SSSR count). The number of benzene rings is 1. The summed E-state index contributed by atoms with van der Waals surface area (Å²) >= 11 is 5.74. The van der Waals surface area contributed by atoms with E-state index >= 15 is 0 Å². The van der Waals surface area contributed by atoms with Crippen molar-refractivity contribution in [2.45, 2.75) is 0 Å². The number of carbonyl (C=O) groups excluding carboxylic acids is 1. The van der Waals surface area contributed by atoms with Gasteiger partial charge in [0.15, 0.2) is 0 Å². The molecule has 0 bridgehead atoms. The van der Waals surface area contributed by atoms with Crippen LogP contribution in [-0.4, -0.2) is 18.1 Å². The Balaban J connectivity index is 2.17. The maximum Gasteiger partial charge on any atom is 0.337 e. The average Bonchev–Trinajstić information content (AvgIpc) is 2.42. The van der Waals surface area contributed by atoms with Gasteiger partial charge >= 0.3 is 5.97 Å². The van der Waals surface area contributed by atoms with Gasteiger partial charge < -0.3 is 15.2 Å². The molecule has 5 nitrogen and oxygen atoms in total. The first-order chi connectivity index (χ1) is 9.10. The van der Waals surface area contributed by atoms with Crippen LogP contribution in [-0.2, 0) is 4.74 Å². The highest BCUT2D eigenvalue weighted by Crippen LogP contribution is 2.27. The summed E-state index contributed by atoms with van der Waals surface area (Å²) < 4.78 is 10.1. The molecule has 2 aromatic rings. The molecule has 0 saturated carbocycles. The Morgan fingerprint density at radius 1 is 1.32 bits per heavy atom. The minimum atomic E-state index is -0.407. The summed E-state index contributed by atoms with van der Waals surface area (Å²) in [6.07, 6.45) is 1.44. The Labute approximate surface area is 114 Å². The lowest BCUT2D eigenvalue weighted by atomic mass is 10.2. The Bertz CT molecular complexity index is 599. The third kappa shape index (κ3) is 3.14. The summed E-state index contributed by atoms with van der Waals surface area (Å²) in [7, 11) is 1.32. The summed E-state index contributed by atoms with van der Waals surface area (Å²) in [5.41, 5.74) is 6.50. The van der Waals surface area contributed by atoms with Crippen LogP contribution in [0, 0.1) is 0 Å². The first-order valence-corrected chi connectivity index (χ1v) is 5.75. The first kappa shape index (κ1) is 13.2. The normalized spacial score (nSPS) is 10.0. The van der Waals surface area contributed by atoms with E-state index in [0.717, 1.165) is 0 Å². The Morgan fingerprint density at radius 3 is 2.58 bits per heavy atom. The molecule has 0 aliphatic heterocycles. The van der Waals surface area contributed by atoms with Crippen LogP contribution in [0.1, 0.15) is 10.4 Å². The molecule has 0 saturated heterocycles. The average molecular weight is 279 g/mol. The van der Waals surface area contributed by atoms with Gasteiger partial charge in [0.1, 0.15) is 5.75 Å². The molecule has 2 N–H and O–H groups in total. The van der Waals surface area contributed by atoms with Crippen molar-refractivity contribution in [1.82, 2.24) is 4.98 Å². The second-order valence-corrected chi connectivity index (χ2v) is 4.10. The van der Waals surface area contributed by atoms with Gasteiger partial charge in [0.05, 0.1) is 23.4 Å². The van der Waals surface area contributed by atoms with Gasteiger partial charge in [-0.3, -0.25) is 0 Å². The van der Waals surface area contributed by atoms with Crippen molar-refractivity contribution in [2.75, 3.05) is 12.8 Å². The number of nitrogen functional groups attached to an aromatic ring is 1. The molecule has 0 aliphatic rings. The number of hydrogen-bond donors (Lipinski definition) is 1. The van der Waals surface area contributed by atoms with Crippen molar-refractivity contribution in [3.63, 3.8) is 0 Å². The maximum atomic E-state index is 11.3. The molecule has 1 aromatic heterocycles. The Hall–Kier alpha value is -2.27. The van der Waals surface area contributed by atoms with Gasteiger partial charge in [-0.1, -0.05) is 11.6 Å². The number of carbonyl (C=O) groups is 1. The van der Waals surface area contributed by atoms with E-state index in [1.807, 2.05) is 0 Å². The molecule has 0 fully saturated rings. The van der Waals surface area contributed by atoms with Crippen molar-refractivity contribution in [3.05, 3.63) is 47.1 Å². The Morgan fingerprint density at radius 2 is 2.00 bits per heavy atom. The maximum absolute atomic E-state index is 11.3. The minimum Gasteiger partial charge on any atom is -0.465 e. The highest BCUT2D eigenvalue weighted by Gasteiger charge is 2.07. The summed E-state index contributed by atoms with van der Waals surface area (Å²) in [5, 5.41) is 0.436. The van der Waals surface area contributed by atoms with Crippen molar-refractivity contribution in [2.24, 2.45) is 0 Å². The highest BCUT2D eigenvalue weighted by atomic mass is 35.5. The molecule has 6 heteroatoms. The number of nitrogens with two attached hydrogens (primary N) is 1. The predicted molar refractivity (Wildman–Crippen MR) is 71.5 cm³/mol. The second kappa shape index (κ2) is 5.58. The lowest BCUT2D eigenvalue weighted by molar-refractivity contribution is 0.0600. The zero-order valence-electron chi connectivity index (χ0n) is 10.1. The van der Waals surface area contributed by atoms with Crippen LogP contribution in [0.15, 0.2) is 36.5 Å². The van der Waals surface area contributed by atoms with E-state index < -0.39 is 5.97 Å². The van der Waals surface area contributed by atoms with Crippen LogP contribution in [0.3, 0.4) is 0 Å². The first-order valence-electron chi connectivity index (χ1n) is 5.37. The van der Waals surface area contributed by atoms with E-state index in [1.54, 1.807) is 30.3 Å². The van der Waals surface area contributed by atoms with E-state index in [4.69, 9.17) is 22.1 Å². The molecule has 0 radical (unpaired) electrons. The molecule has 0 aliphatic carbocycles. The molecule has 19 heavy (non-hydrogen) atoms. The topological polar surface area (TPSA) is 74.4 Å². The SMILES string of the molecule is COC(=O)c1ccc(Oc2ncc(Cl)cc2N)cc1. The molecule has 0 atom stereocenters. The van der Waals surface area contributed by atoms with Gasteiger partial charge in [-0.15, -0.1) is 0 Å². The van der Waals surface area contributed by atoms with E-state index in [-0.39, 0.29) is 5.88 Å². The number of anilines is 1. The lowest BCUT2D eigenvalue weighted by Gasteiger charge is -2.07. The lowest BCUT2D eigenvalue weighted by Crippen LogP contribution is -2.00. The molecular formula is C13H11ClN2O3. The molecule has 1 aromatic carbocycles. The fraction of sp³-hybridized carbons (Fsp3) is 0.0769. The van der Waals surface area contributed by atoms with Gasteiger partial charge in [-0.25, -0.2) is 9.78 Å². The van der Waals surface area contributed by atoms with Gasteiger partial charge in [0.2, 0.25) is 5.88 Å². The predicted octanol–water partition coefficient (Wildman–Crippen LogP) is 2.90. The largest absolute Gasteiger partial charge is 0.465 e. The van der Waals surface area contributed by atoms with Crippen LogP contribution in [0.5, 0.6) is 11.6 Å². The molecular weight excluding hydrogens is 268 g/mol. The number of ether oxygens (including phenoxy) is 2. The summed E-state index contributed by atoms with van der Waals surface area (Å²) in [6.45, 7) is 0. The number of hydrogen-bond acceptors (Lipinski definition) is 5. The van der Waals surface area contributed by atoms with Crippen molar-refractivity contribution in [1.29, 1.82) is 0 Å². The molecule has 1 heterocycles. The number of methoxy groups -OCH3 is 1. The molecule has 98 valence electrons. The van der Waals surface area contributed by atoms with Crippen molar-refractivity contribution < 1.29 is 14.3 Å². The number of rotatable bonds is 3. The number of nitrogens with zero attached hydrogens (tertiary/aromatic N) is 1. The van der Waals surface area contributed by atoms with Crippen molar-refractivity contribution in [3.8, 4) is 11.6 Å². The smallest absolute Gasteiger partial charge is 0.337 e. The van der Waals surface area contributed by atoms with Gasteiger partial charge in [0, 0.05) is 6.20 Å². The second-order valence-electron chi connectivity index (χ2n) is 3.67. The molecule has 0 spiro atoms. The molecule has 0 amide bonds. The van der Waals surface area contributed by atoms with E-state index in [1.165, 1.54) is 13.3 Å². The zero-order valence-corrected chi connectivity index (χ0v) is 10.8. The van der Waals surface area contributed by atoms with Gasteiger partial charge in [0.25, 0.3) is 0 Å². The minimum absolute atomic E-state index is 0.259. The summed E-state index contributed by atoms with van der Waals surface area (Å²) in [4.78, 5) is 15.2. The van der Waals surface area contributed by atoms with Gasteiger partial charge in [-0.05, 0) is 30.3 Å². The van der Waals surface area contributed by atoms with Crippen LogP contribution in [0.25, 0.3) is 0 Å².